The van der Waals surface area contributed by atoms with E-state index in [2.05, 4.69) is 24.8 Å². The van der Waals surface area contributed by atoms with Gasteiger partial charge in [0.15, 0.2) is 0 Å². The molecular weight excluding hydrogens is 314 g/mol. The van der Waals surface area contributed by atoms with E-state index in [-0.39, 0.29) is 29.3 Å². The van der Waals surface area contributed by atoms with E-state index in [1.165, 1.54) is 31.3 Å². The lowest BCUT2D eigenvalue weighted by atomic mass is 9.55. The number of nitrogens with zero attached hydrogens (tertiary/aromatic N) is 1. The Balaban J connectivity index is 1.57. The number of ether oxygens (including phenoxy) is 1. The first-order chi connectivity index (χ1) is 12.0. The lowest BCUT2D eigenvalue weighted by Crippen LogP contribution is -2.54. The largest absolute Gasteiger partial charge is 0.461 e. The van der Waals surface area contributed by atoms with Crippen LogP contribution in [0.25, 0.3) is 0 Å². The van der Waals surface area contributed by atoms with E-state index in [1.54, 1.807) is 0 Å². The van der Waals surface area contributed by atoms with E-state index < -0.39 is 6.10 Å². The van der Waals surface area contributed by atoms with Crippen LogP contribution >= 0.6 is 0 Å². The second-order valence-corrected chi connectivity index (χ2v) is 9.01. The molecule has 4 nitrogen and oxygen atoms in total. The van der Waals surface area contributed by atoms with Gasteiger partial charge in [-0.05, 0) is 44.7 Å². The van der Waals surface area contributed by atoms with Gasteiger partial charge in [-0.1, -0.05) is 38.3 Å². The fourth-order valence-electron chi connectivity index (χ4n) is 5.87. The summed E-state index contributed by atoms with van der Waals surface area (Å²) in [5.74, 6) is 0.177. The number of rotatable bonds is 2. The van der Waals surface area contributed by atoms with Crippen molar-refractivity contribution < 1.29 is 14.6 Å². The summed E-state index contributed by atoms with van der Waals surface area (Å²) in [5, 5.41) is 11.4. The van der Waals surface area contributed by atoms with Crippen molar-refractivity contribution in [3.8, 4) is 0 Å². The topological polar surface area (TPSA) is 49.8 Å². The molecule has 2 saturated heterocycles. The Bertz CT molecular complexity index is 551. The van der Waals surface area contributed by atoms with Gasteiger partial charge in [-0.15, -0.1) is 0 Å². The molecule has 0 aromatic rings. The zero-order valence-corrected chi connectivity index (χ0v) is 15.7. The van der Waals surface area contributed by atoms with Crippen molar-refractivity contribution in [1.82, 2.24) is 4.90 Å². The van der Waals surface area contributed by atoms with E-state index in [4.69, 9.17) is 4.74 Å². The Morgan fingerprint density at radius 1 is 1.28 bits per heavy atom. The van der Waals surface area contributed by atoms with Crippen molar-refractivity contribution in [2.75, 3.05) is 19.6 Å². The van der Waals surface area contributed by atoms with Gasteiger partial charge in [0, 0.05) is 24.3 Å². The highest BCUT2D eigenvalue weighted by atomic mass is 16.6. The van der Waals surface area contributed by atoms with Gasteiger partial charge in [0.1, 0.15) is 6.10 Å². The number of carbonyl (C=O) groups excluding carboxylic acids is 1. The van der Waals surface area contributed by atoms with Gasteiger partial charge in [0.05, 0.1) is 12.0 Å². The molecule has 2 heterocycles. The molecule has 0 radical (unpaired) electrons. The second kappa shape index (κ2) is 6.70. The minimum absolute atomic E-state index is 0.0431. The number of aliphatic hydroxyl groups excluding tert-OH is 1. The van der Waals surface area contributed by atoms with Gasteiger partial charge in [-0.2, -0.15) is 0 Å². The molecule has 4 rings (SSSR count). The average molecular weight is 347 g/mol. The smallest absolute Gasteiger partial charge is 0.311 e. The van der Waals surface area contributed by atoms with Crippen LogP contribution in [0.3, 0.4) is 0 Å². The van der Waals surface area contributed by atoms with Gasteiger partial charge in [-0.3, -0.25) is 4.79 Å². The minimum Gasteiger partial charge on any atom is -0.461 e. The van der Waals surface area contributed by atoms with Crippen molar-refractivity contribution in [3.05, 3.63) is 11.6 Å². The highest BCUT2D eigenvalue weighted by Crippen LogP contribution is 2.56. The van der Waals surface area contributed by atoms with E-state index in [0.29, 0.717) is 5.92 Å². The summed E-state index contributed by atoms with van der Waals surface area (Å²) < 4.78 is 5.78. The molecule has 3 fully saturated rings. The maximum atomic E-state index is 12.7. The molecular formula is C21H33NO3. The molecule has 6 atom stereocenters. The third-order valence-corrected chi connectivity index (χ3v) is 7.72. The van der Waals surface area contributed by atoms with Crippen molar-refractivity contribution in [3.63, 3.8) is 0 Å². The third-order valence-electron chi connectivity index (χ3n) is 7.72. The van der Waals surface area contributed by atoms with Crippen molar-refractivity contribution in [2.45, 2.75) is 71.0 Å². The monoisotopic (exact) mass is 347 g/mol. The van der Waals surface area contributed by atoms with Crippen LogP contribution in [0.1, 0.15) is 58.8 Å². The number of allylic oxidation sites excluding steroid dienone is 1. The van der Waals surface area contributed by atoms with Crippen LogP contribution < -0.4 is 0 Å². The number of esters is 1. The third kappa shape index (κ3) is 2.86. The minimum atomic E-state index is -0.476. The van der Waals surface area contributed by atoms with Crippen LogP contribution in [0, 0.1) is 23.2 Å². The fraction of sp³-hybridized carbons (Fsp3) is 0.857. The molecule has 0 bridgehead atoms. The number of fused-ring (bicyclic) bond motifs is 2. The summed E-state index contributed by atoms with van der Waals surface area (Å²) in [6.07, 6.45) is 9.77. The molecule has 4 heteroatoms. The predicted molar refractivity (Wildman–Crippen MR) is 97.0 cm³/mol. The van der Waals surface area contributed by atoms with Crippen LogP contribution in [0.15, 0.2) is 11.6 Å². The Kier molecular flexibility index (Phi) is 4.70. The van der Waals surface area contributed by atoms with Crippen molar-refractivity contribution in [2.24, 2.45) is 23.2 Å². The molecule has 1 N–H and O–H groups in total. The lowest BCUT2D eigenvalue weighted by Gasteiger charge is -2.52. The molecule has 0 spiro atoms. The van der Waals surface area contributed by atoms with Crippen LogP contribution in [-0.2, 0) is 9.53 Å². The average Bonchev–Trinajstić information content (AvgIpc) is 2.76. The molecule has 0 unspecified atom stereocenters. The second-order valence-electron chi connectivity index (χ2n) is 9.01. The van der Waals surface area contributed by atoms with E-state index in [0.717, 1.165) is 38.9 Å². The van der Waals surface area contributed by atoms with Gasteiger partial charge < -0.3 is 14.7 Å². The number of hydrogen-bond acceptors (Lipinski definition) is 4. The zero-order valence-electron chi connectivity index (χ0n) is 15.7. The van der Waals surface area contributed by atoms with Gasteiger partial charge in [0.2, 0.25) is 0 Å². The highest BCUT2D eigenvalue weighted by molar-refractivity contribution is 5.76. The summed E-state index contributed by atoms with van der Waals surface area (Å²) in [4.78, 5) is 15.1. The predicted octanol–water partition coefficient (Wildman–Crippen LogP) is 3.15. The molecule has 1 saturated carbocycles. The molecule has 0 amide bonds. The van der Waals surface area contributed by atoms with Crippen molar-refractivity contribution >= 4 is 5.97 Å². The quantitative estimate of drug-likeness (QED) is 0.616. The lowest BCUT2D eigenvalue weighted by molar-refractivity contribution is -0.145. The number of aliphatic hydroxyl groups is 1. The maximum Gasteiger partial charge on any atom is 0.311 e. The first kappa shape index (κ1) is 17.5. The maximum absolute atomic E-state index is 12.7. The van der Waals surface area contributed by atoms with E-state index in [9.17, 15) is 9.90 Å². The standard InChI is InChI=1S/C21H33NO3/c1-14-8-7-9-15-12-17-18(19(23)21(14,15)2)16(20(24)25-17)13-22-10-5-3-4-6-11-22/h9,14,16-19,23H,3-8,10-13H2,1-2H3/t14-,16+,17-,18-,19+,21-/m1/s1. The van der Waals surface area contributed by atoms with E-state index >= 15 is 0 Å². The van der Waals surface area contributed by atoms with Crippen LogP contribution in [0.5, 0.6) is 0 Å². The van der Waals surface area contributed by atoms with Crippen LogP contribution in [0.4, 0.5) is 0 Å². The first-order valence-electron chi connectivity index (χ1n) is 10.3. The number of likely N-dealkylation sites (tertiary alicyclic amines) is 1. The molecule has 4 aliphatic rings. The molecule has 2 aliphatic heterocycles. The van der Waals surface area contributed by atoms with E-state index in [1.807, 2.05) is 0 Å². The summed E-state index contributed by atoms with van der Waals surface area (Å²) in [5.41, 5.74) is 1.13. The highest BCUT2D eigenvalue weighted by Gasteiger charge is 2.59. The first-order valence-corrected chi connectivity index (χ1v) is 10.3. The molecule has 2 aliphatic carbocycles. The molecule has 0 aromatic heterocycles. The molecule has 25 heavy (non-hydrogen) atoms. The fourth-order valence-corrected chi connectivity index (χ4v) is 5.87. The van der Waals surface area contributed by atoms with Crippen LogP contribution in [0.2, 0.25) is 0 Å². The Labute approximate surface area is 151 Å². The van der Waals surface area contributed by atoms with Crippen molar-refractivity contribution in [1.29, 1.82) is 0 Å². The summed E-state index contributed by atoms with van der Waals surface area (Å²) in [7, 11) is 0. The normalized spacial score (nSPS) is 45.2. The van der Waals surface area contributed by atoms with Gasteiger partial charge in [0.25, 0.3) is 0 Å². The SMILES string of the molecule is C[C@@H]1CCC=C2C[C@H]3OC(=O)[C@@H](CN4CCCCCC4)[C@H]3[C@H](O)[C@@]21C. The Hall–Kier alpha value is -0.870. The van der Waals surface area contributed by atoms with Gasteiger partial charge in [-0.25, -0.2) is 0 Å². The molecule has 140 valence electrons. The van der Waals surface area contributed by atoms with Gasteiger partial charge >= 0.3 is 5.97 Å². The summed E-state index contributed by atoms with van der Waals surface area (Å²) >= 11 is 0. The number of hydrogen-bond donors (Lipinski definition) is 1. The Morgan fingerprint density at radius 3 is 2.72 bits per heavy atom. The number of carbonyl (C=O) groups is 1. The zero-order chi connectivity index (χ0) is 17.6. The summed E-state index contributed by atoms with van der Waals surface area (Å²) in [6, 6.07) is 0. The summed E-state index contributed by atoms with van der Waals surface area (Å²) in [6.45, 7) is 7.40. The Morgan fingerprint density at radius 2 is 2.00 bits per heavy atom. The van der Waals surface area contributed by atoms with Crippen LogP contribution in [-0.4, -0.2) is 47.8 Å². The molecule has 0 aromatic carbocycles.